The van der Waals surface area contributed by atoms with E-state index in [1.54, 1.807) is 43.5 Å². The molecule has 0 aliphatic heterocycles. The first kappa shape index (κ1) is 18.3. The van der Waals surface area contributed by atoms with Gasteiger partial charge >= 0.3 is 5.97 Å². The van der Waals surface area contributed by atoms with Crippen LogP contribution in [0.4, 0.5) is 0 Å². The highest BCUT2D eigenvalue weighted by Gasteiger charge is 2.10. The molecule has 0 radical (unpaired) electrons. The van der Waals surface area contributed by atoms with Crippen molar-refractivity contribution in [2.24, 2.45) is 0 Å². The van der Waals surface area contributed by atoms with Crippen molar-refractivity contribution in [1.29, 1.82) is 0 Å². The zero-order valence-corrected chi connectivity index (χ0v) is 14.2. The third-order valence-corrected chi connectivity index (χ3v) is 3.52. The summed E-state index contributed by atoms with van der Waals surface area (Å²) >= 11 is 0. The molecule has 2 N–H and O–H groups in total. The molecule has 1 atom stereocenters. The van der Waals surface area contributed by atoms with E-state index in [0.717, 1.165) is 5.75 Å². The van der Waals surface area contributed by atoms with Gasteiger partial charge in [0.2, 0.25) is 5.91 Å². The van der Waals surface area contributed by atoms with E-state index in [2.05, 4.69) is 5.32 Å². The van der Waals surface area contributed by atoms with E-state index in [-0.39, 0.29) is 24.0 Å². The normalized spacial score (nSPS) is 11.4. The van der Waals surface area contributed by atoms with Crippen molar-refractivity contribution in [2.45, 2.75) is 19.4 Å². The number of methoxy groups -OCH3 is 1. The number of carboxylic acid groups (broad SMARTS) is 1. The van der Waals surface area contributed by atoms with E-state index in [9.17, 15) is 9.59 Å². The fourth-order valence-corrected chi connectivity index (χ4v) is 2.25. The Kier molecular flexibility index (Phi) is 6.39. The molecule has 0 saturated carbocycles. The molecular weight excluding hydrogens is 322 g/mol. The van der Waals surface area contributed by atoms with Crippen molar-refractivity contribution in [2.75, 3.05) is 13.7 Å². The van der Waals surface area contributed by atoms with Gasteiger partial charge in [0.25, 0.3) is 0 Å². The van der Waals surface area contributed by atoms with Gasteiger partial charge in [-0.15, -0.1) is 0 Å². The number of hydrogen-bond donors (Lipinski definition) is 2. The summed E-state index contributed by atoms with van der Waals surface area (Å²) in [6.07, 6.45) is -0.0844. The van der Waals surface area contributed by atoms with Gasteiger partial charge in [0.05, 0.1) is 25.6 Å². The molecule has 0 fully saturated rings. The van der Waals surface area contributed by atoms with Crippen LogP contribution in [0.5, 0.6) is 11.5 Å². The van der Waals surface area contributed by atoms with Crippen LogP contribution >= 0.6 is 0 Å². The predicted octanol–water partition coefficient (Wildman–Crippen LogP) is 2.52. The van der Waals surface area contributed by atoms with Crippen LogP contribution in [-0.2, 0) is 11.2 Å². The van der Waals surface area contributed by atoms with Gasteiger partial charge in [0.15, 0.2) is 0 Å². The van der Waals surface area contributed by atoms with Gasteiger partial charge in [0, 0.05) is 0 Å². The molecule has 2 aromatic rings. The Morgan fingerprint density at radius 3 is 2.44 bits per heavy atom. The topological polar surface area (TPSA) is 84.9 Å². The van der Waals surface area contributed by atoms with Crippen LogP contribution in [0.2, 0.25) is 0 Å². The lowest BCUT2D eigenvalue weighted by Crippen LogP contribution is -2.34. The highest BCUT2D eigenvalue weighted by atomic mass is 16.5. The van der Waals surface area contributed by atoms with E-state index in [0.29, 0.717) is 17.9 Å². The Balaban J connectivity index is 1.80. The summed E-state index contributed by atoms with van der Waals surface area (Å²) in [6, 6.07) is 13.5. The van der Waals surface area contributed by atoms with E-state index in [4.69, 9.17) is 14.6 Å². The zero-order valence-electron chi connectivity index (χ0n) is 14.2. The number of nitrogens with one attached hydrogen (secondary N) is 1. The van der Waals surface area contributed by atoms with Gasteiger partial charge in [0.1, 0.15) is 17.6 Å². The summed E-state index contributed by atoms with van der Waals surface area (Å²) < 4.78 is 10.8. The first-order valence-electron chi connectivity index (χ1n) is 7.87. The highest BCUT2D eigenvalue weighted by Crippen LogP contribution is 2.18. The maximum atomic E-state index is 12.0. The summed E-state index contributed by atoms with van der Waals surface area (Å²) in [5.41, 5.74) is 0.822. The molecule has 1 unspecified atom stereocenters. The number of carboxylic acids is 1. The Bertz CT molecular complexity index is 727. The van der Waals surface area contributed by atoms with Crippen molar-refractivity contribution >= 4 is 11.9 Å². The lowest BCUT2D eigenvalue weighted by atomic mass is 10.1. The van der Waals surface area contributed by atoms with Crippen LogP contribution in [0.25, 0.3) is 0 Å². The first-order chi connectivity index (χ1) is 12.0. The molecule has 132 valence electrons. The average Bonchev–Trinajstić information content (AvgIpc) is 2.61. The second kappa shape index (κ2) is 8.73. The number of carbonyl (C=O) groups excluding carboxylic acids is 1. The van der Waals surface area contributed by atoms with E-state index < -0.39 is 5.97 Å². The van der Waals surface area contributed by atoms with E-state index >= 15 is 0 Å². The number of aromatic carboxylic acids is 1. The van der Waals surface area contributed by atoms with Crippen molar-refractivity contribution in [3.05, 3.63) is 59.7 Å². The second-order valence-corrected chi connectivity index (χ2v) is 5.59. The molecular formula is C19H21NO5. The molecule has 1 amide bonds. The SMILES string of the molecule is COc1ccc(OC(C)CNC(=O)Cc2cccc(C(=O)O)c2)cc1. The molecule has 2 rings (SSSR count). The van der Waals surface area contributed by atoms with Gasteiger partial charge in [-0.1, -0.05) is 12.1 Å². The predicted molar refractivity (Wildman–Crippen MR) is 93.2 cm³/mol. The smallest absolute Gasteiger partial charge is 0.335 e. The maximum absolute atomic E-state index is 12.0. The molecule has 0 bridgehead atoms. The van der Waals surface area contributed by atoms with Crippen LogP contribution in [0, 0.1) is 0 Å². The Morgan fingerprint density at radius 1 is 1.12 bits per heavy atom. The minimum absolute atomic E-state index is 0.121. The van der Waals surface area contributed by atoms with Crippen LogP contribution in [0.15, 0.2) is 48.5 Å². The number of ether oxygens (including phenoxy) is 2. The summed E-state index contributed by atoms with van der Waals surface area (Å²) in [5, 5.41) is 11.8. The Morgan fingerprint density at radius 2 is 1.80 bits per heavy atom. The molecule has 6 heteroatoms. The Hall–Kier alpha value is -3.02. The largest absolute Gasteiger partial charge is 0.497 e. The first-order valence-corrected chi connectivity index (χ1v) is 7.87. The maximum Gasteiger partial charge on any atom is 0.335 e. The van der Waals surface area contributed by atoms with Crippen LogP contribution in [-0.4, -0.2) is 36.7 Å². The molecule has 0 aromatic heterocycles. The quantitative estimate of drug-likeness (QED) is 0.769. The second-order valence-electron chi connectivity index (χ2n) is 5.59. The number of benzene rings is 2. The fraction of sp³-hybridized carbons (Fsp3) is 0.263. The molecule has 0 saturated heterocycles. The minimum Gasteiger partial charge on any atom is -0.497 e. The van der Waals surface area contributed by atoms with Gasteiger partial charge in [-0.05, 0) is 48.9 Å². The monoisotopic (exact) mass is 343 g/mol. The third kappa shape index (κ3) is 5.84. The summed E-state index contributed by atoms with van der Waals surface area (Å²) in [7, 11) is 1.60. The van der Waals surface area contributed by atoms with Gasteiger partial charge in [-0.25, -0.2) is 4.79 Å². The molecule has 0 heterocycles. The van der Waals surface area contributed by atoms with Crippen molar-refractivity contribution < 1.29 is 24.2 Å². The van der Waals surface area contributed by atoms with E-state index in [1.807, 2.05) is 6.92 Å². The fourth-order valence-electron chi connectivity index (χ4n) is 2.25. The zero-order chi connectivity index (χ0) is 18.2. The number of hydrogen-bond acceptors (Lipinski definition) is 4. The molecule has 0 aliphatic rings. The van der Waals surface area contributed by atoms with Crippen LogP contribution < -0.4 is 14.8 Å². The molecule has 0 spiro atoms. The van der Waals surface area contributed by atoms with Gasteiger partial charge < -0.3 is 19.9 Å². The highest BCUT2D eigenvalue weighted by molar-refractivity contribution is 5.88. The molecule has 0 aliphatic carbocycles. The average molecular weight is 343 g/mol. The van der Waals surface area contributed by atoms with Gasteiger partial charge in [-0.2, -0.15) is 0 Å². The summed E-state index contributed by atoms with van der Waals surface area (Å²) in [6.45, 7) is 2.21. The third-order valence-electron chi connectivity index (χ3n) is 3.52. The lowest BCUT2D eigenvalue weighted by molar-refractivity contribution is -0.120. The number of amides is 1. The van der Waals surface area contributed by atoms with E-state index in [1.165, 1.54) is 12.1 Å². The number of rotatable bonds is 8. The number of carbonyl (C=O) groups is 2. The van der Waals surface area contributed by atoms with Crippen molar-refractivity contribution in [3.63, 3.8) is 0 Å². The minimum atomic E-state index is -1.01. The van der Waals surface area contributed by atoms with Crippen LogP contribution in [0.1, 0.15) is 22.8 Å². The molecule has 2 aromatic carbocycles. The van der Waals surface area contributed by atoms with Gasteiger partial charge in [-0.3, -0.25) is 4.79 Å². The van der Waals surface area contributed by atoms with Crippen molar-refractivity contribution in [1.82, 2.24) is 5.32 Å². The molecule has 6 nitrogen and oxygen atoms in total. The van der Waals surface area contributed by atoms with Crippen molar-refractivity contribution in [3.8, 4) is 11.5 Å². The molecule has 25 heavy (non-hydrogen) atoms. The summed E-state index contributed by atoms with van der Waals surface area (Å²) in [4.78, 5) is 22.9. The standard InChI is InChI=1S/C19H21NO5/c1-13(25-17-8-6-16(24-2)7-9-17)12-20-18(21)11-14-4-3-5-15(10-14)19(22)23/h3-10,13H,11-12H2,1-2H3,(H,20,21)(H,22,23). The lowest BCUT2D eigenvalue weighted by Gasteiger charge is -2.16. The Labute approximate surface area is 146 Å². The van der Waals surface area contributed by atoms with Crippen LogP contribution in [0.3, 0.4) is 0 Å². The summed E-state index contributed by atoms with van der Waals surface area (Å²) in [5.74, 6) is 0.241.